The zero-order valence-corrected chi connectivity index (χ0v) is 13.1. The van der Waals surface area contributed by atoms with E-state index in [9.17, 15) is 9.59 Å². The van der Waals surface area contributed by atoms with Crippen molar-refractivity contribution in [2.45, 2.75) is 13.8 Å². The Morgan fingerprint density at radius 3 is 2.43 bits per heavy atom. The summed E-state index contributed by atoms with van der Waals surface area (Å²) < 4.78 is 11.4. The van der Waals surface area contributed by atoms with E-state index in [4.69, 9.17) is 9.47 Å². The summed E-state index contributed by atoms with van der Waals surface area (Å²) in [6, 6.07) is 0. The second-order valence-electron chi connectivity index (χ2n) is 4.38. The maximum atomic E-state index is 12.0. The predicted molar refractivity (Wildman–Crippen MR) is 80.4 cm³/mol. The first kappa shape index (κ1) is 16.4. The molecule has 0 saturated carbocycles. The van der Waals surface area contributed by atoms with E-state index in [1.807, 2.05) is 0 Å². The van der Waals surface area contributed by atoms with E-state index in [2.05, 4.69) is 20.4 Å². The molecule has 0 unspecified atom stereocenters. The molecule has 0 aliphatic heterocycles. The molecular weight excluding hydrogens is 302 g/mol. The topological polar surface area (TPSA) is 108 Å². The van der Waals surface area contributed by atoms with Gasteiger partial charge in [-0.05, 0) is 13.8 Å². The van der Waals surface area contributed by atoms with Crippen LogP contribution in [0.4, 0.5) is 11.6 Å². The lowest BCUT2D eigenvalue weighted by atomic mass is 10.3. The lowest BCUT2D eigenvalue weighted by Crippen LogP contribution is -2.13. The van der Waals surface area contributed by atoms with Gasteiger partial charge in [-0.25, -0.2) is 19.6 Å². The lowest BCUT2D eigenvalue weighted by molar-refractivity contribution is 0.0518. The summed E-state index contributed by atoms with van der Waals surface area (Å²) in [5, 5.41) is 6.94. The van der Waals surface area contributed by atoms with Crippen LogP contribution < -0.4 is 5.32 Å². The lowest BCUT2D eigenvalue weighted by Gasteiger charge is -2.11. The Morgan fingerprint density at radius 1 is 1.13 bits per heavy atom. The highest BCUT2D eigenvalue weighted by atomic mass is 16.5. The molecule has 1 N–H and O–H groups in total. The number of carbonyl (C=O) groups excluding carboxylic acids is 2. The van der Waals surface area contributed by atoms with Gasteiger partial charge in [0.2, 0.25) is 0 Å². The monoisotopic (exact) mass is 319 g/mol. The molecule has 9 nitrogen and oxygen atoms in total. The normalized spacial score (nSPS) is 10.2. The highest BCUT2D eigenvalue weighted by Gasteiger charge is 2.21. The number of hydrogen-bond donors (Lipinski definition) is 1. The van der Waals surface area contributed by atoms with Crippen LogP contribution in [0.15, 0.2) is 18.7 Å². The van der Waals surface area contributed by atoms with Crippen LogP contribution in [0.3, 0.4) is 0 Å². The number of aromatic nitrogens is 4. The van der Waals surface area contributed by atoms with Crippen LogP contribution in [-0.2, 0) is 16.5 Å². The van der Waals surface area contributed by atoms with Gasteiger partial charge in [-0.15, -0.1) is 0 Å². The first-order valence-electron chi connectivity index (χ1n) is 7.01. The minimum Gasteiger partial charge on any atom is -0.462 e. The van der Waals surface area contributed by atoms with Crippen molar-refractivity contribution in [2.24, 2.45) is 7.05 Å². The quantitative estimate of drug-likeness (QED) is 0.794. The fraction of sp³-hybridized carbons (Fsp3) is 0.357. The van der Waals surface area contributed by atoms with Gasteiger partial charge in [0.05, 0.1) is 19.4 Å². The van der Waals surface area contributed by atoms with Gasteiger partial charge in [-0.3, -0.25) is 4.68 Å². The Bertz CT molecular complexity index is 713. The number of nitrogens with one attached hydrogen (secondary N) is 1. The Kier molecular flexibility index (Phi) is 5.23. The van der Waals surface area contributed by atoms with Crippen molar-refractivity contribution in [2.75, 3.05) is 18.5 Å². The van der Waals surface area contributed by atoms with Gasteiger partial charge in [0.25, 0.3) is 0 Å². The molecule has 2 aromatic heterocycles. The largest absolute Gasteiger partial charge is 0.462 e. The molecule has 0 saturated heterocycles. The summed E-state index contributed by atoms with van der Waals surface area (Å²) >= 11 is 0. The molecule has 0 aliphatic carbocycles. The fourth-order valence-corrected chi connectivity index (χ4v) is 1.84. The molecule has 2 aromatic rings. The van der Waals surface area contributed by atoms with Crippen LogP contribution in [0.25, 0.3) is 0 Å². The zero-order chi connectivity index (χ0) is 16.8. The zero-order valence-electron chi connectivity index (χ0n) is 13.1. The molecule has 9 heteroatoms. The number of anilines is 2. The molecule has 0 spiro atoms. The summed E-state index contributed by atoms with van der Waals surface area (Å²) in [4.78, 5) is 31.7. The van der Waals surface area contributed by atoms with Gasteiger partial charge in [0.15, 0.2) is 0 Å². The average molecular weight is 319 g/mol. The molecule has 23 heavy (non-hydrogen) atoms. The third kappa shape index (κ3) is 3.62. The smallest absolute Gasteiger partial charge is 0.343 e. The molecule has 0 amide bonds. The minimum absolute atomic E-state index is 0.158. The highest BCUT2D eigenvalue weighted by molar-refractivity contribution is 5.98. The van der Waals surface area contributed by atoms with Gasteiger partial charge in [0, 0.05) is 13.2 Å². The standard InChI is InChI=1S/C14H17N5O4/c1-4-22-13(20)9-6-15-8-16-11(9)18-12-10(7-17-19(12)3)14(21)23-5-2/h6-8H,4-5H2,1-3H3,(H,15,16,18). The summed E-state index contributed by atoms with van der Waals surface area (Å²) in [5.41, 5.74) is 0.396. The molecule has 0 bridgehead atoms. The minimum atomic E-state index is -0.560. The molecule has 0 atom stereocenters. The van der Waals surface area contributed by atoms with Gasteiger partial charge >= 0.3 is 11.9 Å². The van der Waals surface area contributed by atoms with Gasteiger partial charge in [-0.1, -0.05) is 0 Å². The number of nitrogens with zero attached hydrogens (tertiary/aromatic N) is 4. The first-order valence-corrected chi connectivity index (χ1v) is 7.01. The Morgan fingerprint density at radius 2 is 1.78 bits per heavy atom. The molecule has 122 valence electrons. The van der Waals surface area contributed by atoms with Crippen molar-refractivity contribution < 1.29 is 19.1 Å². The van der Waals surface area contributed by atoms with Crippen LogP contribution in [0.1, 0.15) is 34.6 Å². The van der Waals surface area contributed by atoms with E-state index in [0.29, 0.717) is 5.82 Å². The first-order chi connectivity index (χ1) is 11.1. The maximum absolute atomic E-state index is 12.0. The van der Waals surface area contributed by atoms with Gasteiger partial charge in [0.1, 0.15) is 29.1 Å². The fourth-order valence-electron chi connectivity index (χ4n) is 1.84. The van der Waals surface area contributed by atoms with Crippen LogP contribution in [0.5, 0.6) is 0 Å². The van der Waals surface area contributed by atoms with Crippen molar-refractivity contribution >= 4 is 23.6 Å². The molecular formula is C14H17N5O4. The SMILES string of the molecule is CCOC(=O)c1cncnc1Nc1c(C(=O)OCC)cnn1C. The second-order valence-corrected chi connectivity index (χ2v) is 4.38. The van der Waals surface area contributed by atoms with Gasteiger partial charge < -0.3 is 14.8 Å². The Labute approximate surface area is 132 Å². The molecule has 2 rings (SSSR count). The van der Waals surface area contributed by atoms with Crippen molar-refractivity contribution in [3.8, 4) is 0 Å². The highest BCUT2D eigenvalue weighted by Crippen LogP contribution is 2.22. The van der Waals surface area contributed by atoms with E-state index in [0.717, 1.165) is 0 Å². The van der Waals surface area contributed by atoms with Crippen molar-refractivity contribution in [1.29, 1.82) is 0 Å². The maximum Gasteiger partial charge on any atom is 0.343 e. The van der Waals surface area contributed by atoms with E-state index < -0.39 is 11.9 Å². The van der Waals surface area contributed by atoms with Crippen molar-refractivity contribution in [1.82, 2.24) is 19.7 Å². The molecule has 2 heterocycles. The van der Waals surface area contributed by atoms with E-state index >= 15 is 0 Å². The van der Waals surface area contributed by atoms with Crippen LogP contribution in [-0.4, -0.2) is 44.9 Å². The van der Waals surface area contributed by atoms with E-state index in [1.54, 1.807) is 20.9 Å². The number of carbonyl (C=O) groups is 2. The van der Waals surface area contributed by atoms with Gasteiger partial charge in [-0.2, -0.15) is 5.10 Å². The van der Waals surface area contributed by atoms with Crippen LogP contribution >= 0.6 is 0 Å². The third-order valence-electron chi connectivity index (χ3n) is 2.88. The second kappa shape index (κ2) is 7.34. The van der Waals surface area contributed by atoms with Crippen molar-refractivity contribution in [3.63, 3.8) is 0 Å². The molecule has 0 aromatic carbocycles. The Hall–Kier alpha value is -2.97. The molecule has 0 radical (unpaired) electrons. The summed E-state index contributed by atoms with van der Waals surface area (Å²) in [6.07, 6.45) is 4.00. The van der Waals surface area contributed by atoms with E-state index in [-0.39, 0.29) is 30.2 Å². The molecule has 0 fully saturated rings. The number of ether oxygens (including phenoxy) is 2. The van der Waals surface area contributed by atoms with Crippen molar-refractivity contribution in [3.05, 3.63) is 29.8 Å². The number of rotatable bonds is 6. The molecule has 0 aliphatic rings. The average Bonchev–Trinajstić information content (AvgIpc) is 2.89. The summed E-state index contributed by atoms with van der Waals surface area (Å²) in [7, 11) is 1.65. The summed E-state index contributed by atoms with van der Waals surface area (Å²) in [5.74, 6) is -0.509. The van der Waals surface area contributed by atoms with Crippen LogP contribution in [0, 0.1) is 0 Å². The third-order valence-corrected chi connectivity index (χ3v) is 2.88. The number of aryl methyl sites for hydroxylation is 1. The number of hydrogen-bond acceptors (Lipinski definition) is 8. The summed E-state index contributed by atoms with van der Waals surface area (Å²) in [6.45, 7) is 3.89. The Balaban J connectivity index is 2.35. The predicted octanol–water partition coefficient (Wildman–Crippen LogP) is 1.31. The van der Waals surface area contributed by atoms with E-state index in [1.165, 1.54) is 23.4 Å². The van der Waals surface area contributed by atoms with Crippen LogP contribution in [0.2, 0.25) is 0 Å². The number of esters is 2.